The maximum absolute atomic E-state index is 12.6. The summed E-state index contributed by atoms with van der Waals surface area (Å²) >= 11 is 0. The summed E-state index contributed by atoms with van der Waals surface area (Å²) in [6.07, 6.45) is 49.0. The number of carbonyl (C=O) groups excluding carboxylic acids is 2. The van der Waals surface area contributed by atoms with Crippen LogP contribution in [0.3, 0.4) is 0 Å². The fourth-order valence-electron chi connectivity index (χ4n) is 6.21. The molecule has 0 aromatic heterocycles. The number of phosphoric ester groups is 1. The number of carbonyl (C=O) groups is 3. The molecule has 11 nitrogen and oxygen atoms in total. The van der Waals surface area contributed by atoms with Crippen molar-refractivity contribution >= 4 is 25.7 Å². The molecule has 4 N–H and O–H groups in total. The van der Waals surface area contributed by atoms with Gasteiger partial charge in [-0.3, -0.25) is 23.4 Å². The second-order valence-corrected chi connectivity index (χ2v) is 17.1. The number of nitrogens with two attached hydrogens (primary N) is 1. The van der Waals surface area contributed by atoms with Crippen molar-refractivity contribution in [2.24, 2.45) is 5.73 Å². The van der Waals surface area contributed by atoms with E-state index in [1.54, 1.807) is 0 Å². The van der Waals surface area contributed by atoms with Gasteiger partial charge >= 0.3 is 25.7 Å². The van der Waals surface area contributed by atoms with Gasteiger partial charge in [0.1, 0.15) is 12.6 Å². The van der Waals surface area contributed by atoms with Gasteiger partial charge < -0.3 is 25.2 Å². The van der Waals surface area contributed by atoms with Crippen LogP contribution in [0.15, 0.2) is 61.3 Å². The van der Waals surface area contributed by atoms with Gasteiger partial charge in [-0.2, -0.15) is 0 Å². The second-order valence-electron chi connectivity index (χ2n) is 15.6. The summed E-state index contributed by atoms with van der Waals surface area (Å²) in [6, 6.07) is -1.53. The van der Waals surface area contributed by atoms with Gasteiger partial charge in [0.05, 0.1) is 13.2 Å². The Balaban J connectivity index is 4.39. The molecule has 0 aliphatic rings. The van der Waals surface area contributed by atoms with Gasteiger partial charge in [-0.05, 0) is 64.2 Å². The summed E-state index contributed by atoms with van der Waals surface area (Å²) < 4.78 is 32.7. The van der Waals surface area contributed by atoms with Crippen molar-refractivity contribution in [1.29, 1.82) is 0 Å². The molecule has 0 aliphatic carbocycles. The molecular formula is C48H84NO10P. The van der Waals surface area contributed by atoms with Gasteiger partial charge in [-0.15, -0.1) is 6.58 Å². The summed E-state index contributed by atoms with van der Waals surface area (Å²) in [6.45, 7) is 4.27. The Labute approximate surface area is 364 Å². The molecule has 0 spiro atoms. The first-order valence-electron chi connectivity index (χ1n) is 23.3. The predicted octanol–water partition coefficient (Wildman–Crippen LogP) is 12.7. The third kappa shape index (κ3) is 41.9. The maximum Gasteiger partial charge on any atom is 0.472 e. The van der Waals surface area contributed by atoms with E-state index >= 15 is 0 Å². The van der Waals surface area contributed by atoms with Crippen LogP contribution in [0.2, 0.25) is 0 Å². The van der Waals surface area contributed by atoms with E-state index in [1.165, 1.54) is 109 Å². The minimum atomic E-state index is -4.73. The average molecular weight is 866 g/mol. The van der Waals surface area contributed by atoms with E-state index in [-0.39, 0.29) is 19.4 Å². The van der Waals surface area contributed by atoms with Crippen molar-refractivity contribution in [3.8, 4) is 0 Å². The Bertz CT molecular complexity index is 1230. The Kier molecular flexibility index (Phi) is 40.8. The highest BCUT2D eigenvalue weighted by molar-refractivity contribution is 7.47. The minimum absolute atomic E-state index is 0.144. The summed E-state index contributed by atoms with van der Waals surface area (Å²) in [5, 5.41) is 8.90. The fourth-order valence-corrected chi connectivity index (χ4v) is 6.99. The minimum Gasteiger partial charge on any atom is -0.480 e. The first-order valence-corrected chi connectivity index (χ1v) is 24.8. The lowest BCUT2D eigenvalue weighted by Gasteiger charge is -2.20. The quantitative estimate of drug-likeness (QED) is 0.0230. The number of rotatable bonds is 44. The maximum atomic E-state index is 12.6. The smallest absolute Gasteiger partial charge is 0.472 e. The summed E-state index contributed by atoms with van der Waals surface area (Å²) in [5.41, 5.74) is 5.33. The van der Waals surface area contributed by atoms with Crippen molar-refractivity contribution in [2.45, 2.75) is 205 Å². The first-order chi connectivity index (χ1) is 29.1. The molecule has 0 saturated heterocycles. The lowest BCUT2D eigenvalue weighted by molar-refractivity contribution is -0.161. The van der Waals surface area contributed by atoms with Gasteiger partial charge in [-0.1, -0.05) is 171 Å². The van der Waals surface area contributed by atoms with Gasteiger partial charge in [0.25, 0.3) is 0 Å². The van der Waals surface area contributed by atoms with E-state index in [0.717, 1.165) is 44.9 Å². The molecule has 12 heteroatoms. The molecule has 0 radical (unpaired) electrons. The van der Waals surface area contributed by atoms with Crippen molar-refractivity contribution in [3.05, 3.63) is 61.3 Å². The summed E-state index contributed by atoms with van der Waals surface area (Å²) in [5.74, 6) is -2.45. The van der Waals surface area contributed by atoms with E-state index in [1.807, 2.05) is 12.2 Å². The van der Waals surface area contributed by atoms with Crippen LogP contribution in [0.1, 0.15) is 193 Å². The van der Waals surface area contributed by atoms with E-state index in [4.69, 9.17) is 24.8 Å². The SMILES string of the molecule is C=CCCCCCCCCCCCCCCCC(=O)O[C@@H](COC(=O)CCC/C=C/C/C=C/C/C=C/C/C=C/CCCCCCCCC)COP(=O)(O)OC[C@H](N)C(=O)O. The zero-order valence-electron chi connectivity index (χ0n) is 37.4. The standard InChI is InChI=1S/C48H84NO10P/c1-3-5-7-9-11-13-15-17-19-20-21-22-23-24-26-27-29-31-33-35-37-39-46(50)56-41-44(42-57-60(54,55)58-43-45(49)48(52)53)59-47(51)40-38-36-34-32-30-28-25-18-16-14-12-10-8-6-4-2/h4,19-20,22-23,26-27,31,33,44-45H,2-3,5-18,21,24-25,28-30,32,34-43,49H2,1H3,(H,52,53)(H,54,55)/b20-19+,23-22+,27-26+,33-31+/t44-,45-/m0/s1. The van der Waals surface area contributed by atoms with Gasteiger partial charge in [-0.25, -0.2) is 4.57 Å². The zero-order valence-corrected chi connectivity index (χ0v) is 38.3. The van der Waals surface area contributed by atoms with Crippen LogP contribution in [-0.2, 0) is 37.5 Å². The summed E-state index contributed by atoms with van der Waals surface area (Å²) in [7, 11) is -4.73. The number of esters is 2. The Morgan fingerprint density at radius 3 is 1.48 bits per heavy atom. The molecule has 1 unspecified atom stereocenters. The number of ether oxygens (including phenoxy) is 2. The zero-order chi connectivity index (χ0) is 44.2. The molecule has 0 heterocycles. The van der Waals surface area contributed by atoms with E-state index in [2.05, 4.69) is 60.6 Å². The van der Waals surface area contributed by atoms with Crippen LogP contribution >= 0.6 is 7.82 Å². The third-order valence-corrected chi connectivity index (χ3v) is 10.8. The molecular weight excluding hydrogens is 781 g/mol. The van der Waals surface area contributed by atoms with Crippen LogP contribution in [-0.4, -0.2) is 59.9 Å². The Hall–Kier alpha value is -2.82. The molecule has 0 amide bonds. The molecule has 3 atom stereocenters. The molecule has 346 valence electrons. The normalized spacial score (nSPS) is 14.0. The molecule has 60 heavy (non-hydrogen) atoms. The molecule has 0 bridgehead atoms. The van der Waals surface area contributed by atoms with Crippen LogP contribution in [0.25, 0.3) is 0 Å². The van der Waals surface area contributed by atoms with Crippen LogP contribution in [0, 0.1) is 0 Å². The van der Waals surface area contributed by atoms with Crippen LogP contribution < -0.4 is 5.73 Å². The number of hydrogen-bond acceptors (Lipinski definition) is 9. The summed E-state index contributed by atoms with van der Waals surface area (Å²) in [4.78, 5) is 46.0. The van der Waals surface area contributed by atoms with Crippen molar-refractivity contribution in [3.63, 3.8) is 0 Å². The third-order valence-electron chi connectivity index (χ3n) is 9.88. The predicted molar refractivity (Wildman–Crippen MR) is 245 cm³/mol. The largest absolute Gasteiger partial charge is 0.480 e. The highest BCUT2D eigenvalue weighted by atomic mass is 31.2. The van der Waals surface area contributed by atoms with Crippen LogP contribution in [0.5, 0.6) is 0 Å². The number of phosphoric acid groups is 1. The average Bonchev–Trinajstić information content (AvgIpc) is 3.22. The molecule has 0 aliphatic heterocycles. The van der Waals surface area contributed by atoms with Gasteiger partial charge in [0.2, 0.25) is 0 Å². The van der Waals surface area contributed by atoms with Crippen molar-refractivity contribution in [1.82, 2.24) is 0 Å². The second kappa shape index (κ2) is 42.9. The van der Waals surface area contributed by atoms with E-state index < -0.39 is 51.1 Å². The number of carboxylic acid groups (broad SMARTS) is 1. The van der Waals surface area contributed by atoms with Gasteiger partial charge in [0.15, 0.2) is 6.10 Å². The van der Waals surface area contributed by atoms with E-state index in [0.29, 0.717) is 19.3 Å². The molecule has 0 rings (SSSR count). The molecule has 0 fully saturated rings. The van der Waals surface area contributed by atoms with Crippen LogP contribution in [0.4, 0.5) is 0 Å². The fraction of sp³-hybridized carbons (Fsp3) is 0.729. The monoisotopic (exact) mass is 866 g/mol. The van der Waals surface area contributed by atoms with Gasteiger partial charge in [0, 0.05) is 12.8 Å². The number of unbranched alkanes of at least 4 members (excludes halogenated alkanes) is 21. The van der Waals surface area contributed by atoms with E-state index in [9.17, 15) is 23.8 Å². The lowest BCUT2D eigenvalue weighted by Crippen LogP contribution is -2.34. The lowest BCUT2D eigenvalue weighted by atomic mass is 10.0. The molecule has 0 aromatic carbocycles. The number of allylic oxidation sites excluding steroid dienone is 9. The first kappa shape index (κ1) is 57.2. The topological polar surface area (TPSA) is 172 Å². The molecule has 0 aromatic rings. The number of carboxylic acids is 1. The Morgan fingerprint density at radius 2 is 0.983 bits per heavy atom. The van der Waals surface area contributed by atoms with Crippen molar-refractivity contribution in [2.75, 3.05) is 19.8 Å². The number of hydrogen-bond donors (Lipinski definition) is 3. The highest BCUT2D eigenvalue weighted by Gasteiger charge is 2.28. The van der Waals surface area contributed by atoms with Crippen molar-refractivity contribution < 1.29 is 47.5 Å². The highest BCUT2D eigenvalue weighted by Crippen LogP contribution is 2.43. The molecule has 0 saturated carbocycles. The number of aliphatic carboxylic acids is 1. The Morgan fingerprint density at radius 1 is 0.567 bits per heavy atom.